The number of rotatable bonds is 1. The number of carbonyl (C=O) groups excluding carboxylic acids is 1. The maximum absolute atomic E-state index is 13.4. The molecule has 0 aromatic heterocycles. The molecule has 2 amide bonds. The molecule has 0 bridgehead atoms. The molecule has 1 aromatic rings. The zero-order valence-corrected chi connectivity index (χ0v) is 11.8. The molecule has 3 rings (SSSR count). The van der Waals surface area contributed by atoms with E-state index in [1.807, 2.05) is 6.92 Å². The summed E-state index contributed by atoms with van der Waals surface area (Å²) in [5.41, 5.74) is 1.55. The lowest BCUT2D eigenvalue weighted by atomic mass is 9.99. The van der Waals surface area contributed by atoms with Crippen LogP contribution in [0.5, 0.6) is 0 Å². The first-order valence-electron chi connectivity index (χ1n) is 7.05. The van der Waals surface area contributed by atoms with Gasteiger partial charge in [0, 0.05) is 19.6 Å². The standard InChI is InChI=1S/C15H17FN2O3/c1-9-7-17(8-12(9)14(19)20)15(21)18-5-4-10-2-3-11(16)6-13(10)18/h2-3,6,9,12H,4-5,7-8H2,1H3,(H,19,20). The van der Waals surface area contributed by atoms with Crippen LogP contribution in [-0.4, -0.2) is 41.6 Å². The van der Waals surface area contributed by atoms with E-state index >= 15 is 0 Å². The van der Waals surface area contributed by atoms with E-state index < -0.39 is 11.9 Å². The lowest BCUT2D eigenvalue weighted by Gasteiger charge is -2.24. The van der Waals surface area contributed by atoms with Crippen molar-refractivity contribution in [1.29, 1.82) is 0 Å². The topological polar surface area (TPSA) is 60.9 Å². The van der Waals surface area contributed by atoms with Crippen LogP contribution >= 0.6 is 0 Å². The number of carboxylic acid groups (broad SMARTS) is 1. The monoisotopic (exact) mass is 292 g/mol. The summed E-state index contributed by atoms with van der Waals surface area (Å²) in [5, 5.41) is 9.14. The summed E-state index contributed by atoms with van der Waals surface area (Å²) in [6.07, 6.45) is 0.701. The SMILES string of the molecule is CC1CN(C(=O)N2CCc3ccc(F)cc32)CC1C(=O)O. The van der Waals surface area contributed by atoms with Crippen molar-refractivity contribution in [2.24, 2.45) is 11.8 Å². The lowest BCUT2D eigenvalue weighted by molar-refractivity contribution is -0.142. The molecule has 1 aromatic carbocycles. The summed E-state index contributed by atoms with van der Waals surface area (Å²) in [6, 6.07) is 4.24. The van der Waals surface area contributed by atoms with Crippen LogP contribution in [0.1, 0.15) is 12.5 Å². The van der Waals surface area contributed by atoms with Crippen LogP contribution in [0, 0.1) is 17.7 Å². The number of urea groups is 1. The molecule has 2 heterocycles. The molecular weight excluding hydrogens is 275 g/mol. The van der Waals surface area contributed by atoms with E-state index in [0.29, 0.717) is 25.2 Å². The zero-order valence-electron chi connectivity index (χ0n) is 11.8. The number of aliphatic carboxylic acids is 1. The van der Waals surface area contributed by atoms with Crippen molar-refractivity contribution in [3.05, 3.63) is 29.6 Å². The Hall–Kier alpha value is -2.11. The van der Waals surface area contributed by atoms with Gasteiger partial charge in [-0.3, -0.25) is 9.69 Å². The molecular formula is C15H17FN2O3. The number of likely N-dealkylation sites (tertiary alicyclic amines) is 1. The Kier molecular flexibility index (Phi) is 3.31. The van der Waals surface area contributed by atoms with E-state index in [9.17, 15) is 14.0 Å². The van der Waals surface area contributed by atoms with Crippen molar-refractivity contribution in [1.82, 2.24) is 4.90 Å². The van der Waals surface area contributed by atoms with E-state index in [0.717, 1.165) is 5.56 Å². The number of anilines is 1. The molecule has 2 aliphatic rings. The van der Waals surface area contributed by atoms with Crippen LogP contribution in [-0.2, 0) is 11.2 Å². The number of nitrogens with zero attached hydrogens (tertiary/aromatic N) is 2. The number of hydrogen-bond donors (Lipinski definition) is 1. The maximum atomic E-state index is 13.4. The number of hydrogen-bond acceptors (Lipinski definition) is 2. The Labute approximate surface area is 122 Å². The second kappa shape index (κ2) is 5.02. The fourth-order valence-corrected chi connectivity index (χ4v) is 3.17. The summed E-state index contributed by atoms with van der Waals surface area (Å²) < 4.78 is 13.4. The van der Waals surface area contributed by atoms with Gasteiger partial charge in [-0.05, 0) is 30.0 Å². The van der Waals surface area contributed by atoms with Gasteiger partial charge in [0.1, 0.15) is 5.82 Å². The van der Waals surface area contributed by atoms with Crippen LogP contribution < -0.4 is 4.90 Å². The van der Waals surface area contributed by atoms with Gasteiger partial charge >= 0.3 is 12.0 Å². The van der Waals surface area contributed by atoms with Gasteiger partial charge in [-0.1, -0.05) is 13.0 Å². The summed E-state index contributed by atoms with van der Waals surface area (Å²) in [6.45, 7) is 3.00. The number of benzene rings is 1. The van der Waals surface area contributed by atoms with E-state index in [2.05, 4.69) is 0 Å². The number of carboxylic acids is 1. The highest BCUT2D eigenvalue weighted by Crippen LogP contribution is 2.31. The molecule has 5 nitrogen and oxygen atoms in total. The van der Waals surface area contributed by atoms with Crippen LogP contribution in [0.25, 0.3) is 0 Å². The van der Waals surface area contributed by atoms with Crippen molar-refractivity contribution in [3.63, 3.8) is 0 Å². The number of fused-ring (bicyclic) bond motifs is 1. The van der Waals surface area contributed by atoms with Crippen molar-refractivity contribution in [2.75, 3.05) is 24.5 Å². The van der Waals surface area contributed by atoms with Gasteiger partial charge in [-0.25, -0.2) is 9.18 Å². The number of carbonyl (C=O) groups is 2. The van der Waals surface area contributed by atoms with Crippen LogP contribution in [0.2, 0.25) is 0 Å². The molecule has 1 saturated heterocycles. The predicted octanol–water partition coefficient (Wildman–Crippen LogP) is 1.96. The van der Waals surface area contributed by atoms with Gasteiger partial charge < -0.3 is 10.0 Å². The summed E-state index contributed by atoms with van der Waals surface area (Å²) in [4.78, 5) is 26.8. The second-order valence-corrected chi connectivity index (χ2v) is 5.78. The van der Waals surface area contributed by atoms with Crippen molar-refractivity contribution in [3.8, 4) is 0 Å². The van der Waals surface area contributed by atoms with Gasteiger partial charge in [0.2, 0.25) is 0 Å². The minimum Gasteiger partial charge on any atom is -0.481 e. The molecule has 0 radical (unpaired) electrons. The van der Waals surface area contributed by atoms with Crippen molar-refractivity contribution in [2.45, 2.75) is 13.3 Å². The van der Waals surface area contributed by atoms with Crippen LogP contribution in [0.15, 0.2) is 18.2 Å². The summed E-state index contributed by atoms with van der Waals surface area (Å²) >= 11 is 0. The minimum atomic E-state index is -0.870. The van der Waals surface area contributed by atoms with E-state index in [4.69, 9.17) is 5.11 Å². The first-order valence-corrected chi connectivity index (χ1v) is 7.05. The Morgan fingerprint density at radius 3 is 2.76 bits per heavy atom. The van der Waals surface area contributed by atoms with E-state index in [1.165, 1.54) is 12.1 Å². The lowest BCUT2D eigenvalue weighted by Crippen LogP contribution is -2.41. The third kappa shape index (κ3) is 2.34. The second-order valence-electron chi connectivity index (χ2n) is 5.78. The first-order chi connectivity index (χ1) is 9.97. The molecule has 2 aliphatic heterocycles. The van der Waals surface area contributed by atoms with Crippen molar-refractivity contribution >= 4 is 17.7 Å². The van der Waals surface area contributed by atoms with Gasteiger partial charge in [0.25, 0.3) is 0 Å². The highest BCUT2D eigenvalue weighted by molar-refractivity contribution is 5.94. The van der Waals surface area contributed by atoms with Crippen LogP contribution in [0.4, 0.5) is 14.9 Å². The van der Waals surface area contributed by atoms with Gasteiger partial charge in [-0.15, -0.1) is 0 Å². The molecule has 1 fully saturated rings. The van der Waals surface area contributed by atoms with Gasteiger partial charge in [0.05, 0.1) is 11.6 Å². The highest BCUT2D eigenvalue weighted by Gasteiger charge is 2.39. The molecule has 6 heteroatoms. The fraction of sp³-hybridized carbons (Fsp3) is 0.467. The molecule has 1 N–H and O–H groups in total. The molecule has 0 saturated carbocycles. The smallest absolute Gasteiger partial charge is 0.324 e. The molecule has 112 valence electrons. The molecule has 2 unspecified atom stereocenters. The maximum Gasteiger partial charge on any atom is 0.324 e. The molecule has 0 spiro atoms. The van der Waals surface area contributed by atoms with E-state index in [1.54, 1.807) is 15.9 Å². The van der Waals surface area contributed by atoms with Gasteiger partial charge in [0.15, 0.2) is 0 Å². The third-order valence-electron chi connectivity index (χ3n) is 4.37. The van der Waals surface area contributed by atoms with Crippen molar-refractivity contribution < 1.29 is 19.1 Å². The fourth-order valence-electron chi connectivity index (χ4n) is 3.17. The first kappa shape index (κ1) is 13.9. The third-order valence-corrected chi connectivity index (χ3v) is 4.37. The van der Waals surface area contributed by atoms with Gasteiger partial charge in [-0.2, -0.15) is 0 Å². The molecule has 21 heavy (non-hydrogen) atoms. The Morgan fingerprint density at radius 2 is 2.10 bits per heavy atom. The summed E-state index contributed by atoms with van der Waals surface area (Å²) in [7, 11) is 0. The molecule has 2 atom stereocenters. The quantitative estimate of drug-likeness (QED) is 0.860. The Morgan fingerprint density at radius 1 is 1.33 bits per heavy atom. The Balaban J connectivity index is 1.79. The van der Waals surface area contributed by atoms with Crippen LogP contribution in [0.3, 0.4) is 0 Å². The minimum absolute atomic E-state index is 0.0685. The Bertz CT molecular complexity index is 605. The number of amides is 2. The highest BCUT2D eigenvalue weighted by atomic mass is 19.1. The largest absolute Gasteiger partial charge is 0.481 e. The normalized spacial score (nSPS) is 24.3. The number of halogens is 1. The predicted molar refractivity (Wildman–Crippen MR) is 74.7 cm³/mol. The van der Waals surface area contributed by atoms with E-state index in [-0.39, 0.29) is 24.3 Å². The average Bonchev–Trinajstić information content (AvgIpc) is 3.01. The molecule has 0 aliphatic carbocycles. The average molecular weight is 292 g/mol. The zero-order chi connectivity index (χ0) is 15.1. The summed E-state index contributed by atoms with van der Waals surface area (Å²) in [5.74, 6) is -1.83.